The standard InChI is InChI=1S/C21H35N5O12S/c1-14(27)26-16(29)12-21(20(33)34,38-18(26)17(30)19(31)32)39-13-15(28)22-3-6-35-8-10-37-11-9-36-7-5-25-4-2-23-24-25/h2,4,16-19,29-32H,3,5-13H2,1H3,(H,22,28)(H,33,34)/t16?,17-,18?,21-/m0/s1. The number of carbonyl (C=O) groups excluding carboxylic acids is 2. The fourth-order valence-electron chi connectivity index (χ4n) is 3.42. The number of hydrogen-bond donors (Lipinski definition) is 6. The maximum atomic E-state index is 12.2. The van der Waals surface area contributed by atoms with Gasteiger partial charge in [-0.2, -0.15) is 0 Å². The fourth-order valence-corrected chi connectivity index (χ4v) is 4.44. The number of amides is 2. The predicted molar refractivity (Wildman–Crippen MR) is 131 cm³/mol. The molecule has 18 heteroatoms. The van der Waals surface area contributed by atoms with Gasteiger partial charge in [-0.05, 0) is 0 Å². The fraction of sp³-hybridized carbons (Fsp3) is 0.762. The lowest BCUT2D eigenvalue weighted by atomic mass is 10.1. The molecular formula is C21H35N5O12S. The summed E-state index contributed by atoms with van der Waals surface area (Å²) < 4.78 is 23.2. The van der Waals surface area contributed by atoms with Crippen LogP contribution in [-0.2, 0) is 39.9 Å². The van der Waals surface area contributed by atoms with Crippen LogP contribution < -0.4 is 5.32 Å². The van der Waals surface area contributed by atoms with E-state index in [1.807, 2.05) is 0 Å². The van der Waals surface area contributed by atoms with E-state index in [4.69, 9.17) is 18.9 Å². The highest BCUT2D eigenvalue weighted by atomic mass is 32.2. The molecule has 6 N–H and O–H groups in total. The summed E-state index contributed by atoms with van der Waals surface area (Å²) in [5, 5.41) is 58.8. The molecule has 4 atom stereocenters. The molecular weight excluding hydrogens is 546 g/mol. The number of carboxylic acids is 1. The summed E-state index contributed by atoms with van der Waals surface area (Å²) >= 11 is 0.507. The van der Waals surface area contributed by atoms with Crippen molar-refractivity contribution in [3.8, 4) is 0 Å². The Bertz CT molecular complexity index is 895. The Morgan fingerprint density at radius 3 is 2.33 bits per heavy atom. The number of nitrogens with one attached hydrogen (secondary N) is 1. The number of aliphatic hydroxyl groups excluding tert-OH is 3. The first-order valence-corrected chi connectivity index (χ1v) is 13.0. The number of aliphatic hydroxyl groups is 4. The molecule has 1 aliphatic rings. The van der Waals surface area contributed by atoms with Crippen molar-refractivity contribution in [1.82, 2.24) is 25.2 Å². The van der Waals surface area contributed by atoms with E-state index in [0.717, 1.165) is 6.92 Å². The third-order valence-electron chi connectivity index (χ3n) is 5.33. The summed E-state index contributed by atoms with van der Waals surface area (Å²) in [5.74, 6) is -3.36. The van der Waals surface area contributed by atoms with Crippen molar-refractivity contribution in [2.45, 2.75) is 49.7 Å². The molecule has 1 fully saturated rings. The molecule has 2 amide bonds. The molecule has 2 heterocycles. The van der Waals surface area contributed by atoms with Crippen LogP contribution >= 0.6 is 11.8 Å². The molecule has 0 aromatic carbocycles. The molecule has 1 aromatic rings. The third kappa shape index (κ3) is 10.6. The van der Waals surface area contributed by atoms with Gasteiger partial charge in [-0.3, -0.25) is 19.2 Å². The van der Waals surface area contributed by atoms with Crippen LogP contribution in [0.1, 0.15) is 13.3 Å². The van der Waals surface area contributed by atoms with Gasteiger partial charge < -0.3 is 49.8 Å². The molecule has 1 saturated heterocycles. The summed E-state index contributed by atoms with van der Waals surface area (Å²) in [4.78, 5) is 34.5. The first-order chi connectivity index (χ1) is 18.6. The number of aliphatic carboxylic acids is 1. The van der Waals surface area contributed by atoms with Crippen LogP contribution in [0.5, 0.6) is 0 Å². The molecule has 2 rings (SSSR count). The van der Waals surface area contributed by atoms with Crippen molar-refractivity contribution >= 4 is 29.5 Å². The Hall–Kier alpha value is -2.42. The van der Waals surface area contributed by atoms with E-state index in [2.05, 4.69) is 15.6 Å². The number of hydrogen-bond acceptors (Lipinski definition) is 14. The van der Waals surface area contributed by atoms with Crippen LogP contribution in [0.4, 0.5) is 0 Å². The minimum absolute atomic E-state index is 0.129. The molecule has 1 aliphatic heterocycles. The number of ether oxygens (including phenoxy) is 4. The lowest BCUT2D eigenvalue weighted by Crippen LogP contribution is -2.65. The summed E-state index contributed by atoms with van der Waals surface area (Å²) in [6, 6.07) is 0. The van der Waals surface area contributed by atoms with Gasteiger partial charge in [0.25, 0.3) is 0 Å². The predicted octanol–water partition coefficient (Wildman–Crippen LogP) is -3.46. The monoisotopic (exact) mass is 581 g/mol. The lowest BCUT2D eigenvalue weighted by molar-refractivity contribution is -0.273. The van der Waals surface area contributed by atoms with E-state index in [-0.39, 0.29) is 19.8 Å². The molecule has 2 unspecified atom stereocenters. The van der Waals surface area contributed by atoms with Crippen molar-refractivity contribution in [2.24, 2.45) is 0 Å². The van der Waals surface area contributed by atoms with Crippen LogP contribution in [0.25, 0.3) is 0 Å². The summed E-state index contributed by atoms with van der Waals surface area (Å²) in [6.07, 6.45) is -5.48. The Balaban J connectivity index is 1.64. The van der Waals surface area contributed by atoms with Crippen LogP contribution in [0.15, 0.2) is 12.4 Å². The molecule has 0 aliphatic carbocycles. The second kappa shape index (κ2) is 16.6. The quantitative estimate of drug-likeness (QED) is 0.0730. The third-order valence-corrected chi connectivity index (χ3v) is 6.64. The van der Waals surface area contributed by atoms with E-state index in [1.54, 1.807) is 17.1 Å². The van der Waals surface area contributed by atoms with Crippen molar-refractivity contribution in [2.75, 3.05) is 51.9 Å². The molecule has 0 radical (unpaired) electrons. The highest BCUT2D eigenvalue weighted by Gasteiger charge is 2.54. The minimum Gasteiger partial charge on any atom is -0.478 e. The summed E-state index contributed by atoms with van der Waals surface area (Å²) in [6.45, 7) is 3.80. The normalized spacial score (nSPS) is 22.2. The molecule has 0 spiro atoms. The van der Waals surface area contributed by atoms with E-state index in [9.17, 15) is 39.9 Å². The maximum absolute atomic E-state index is 12.2. The van der Waals surface area contributed by atoms with Crippen LogP contribution in [-0.4, -0.2) is 145 Å². The summed E-state index contributed by atoms with van der Waals surface area (Å²) in [7, 11) is 0. The van der Waals surface area contributed by atoms with E-state index in [0.29, 0.717) is 49.6 Å². The highest BCUT2D eigenvalue weighted by Crippen LogP contribution is 2.40. The highest BCUT2D eigenvalue weighted by molar-refractivity contribution is 8.01. The molecule has 0 bridgehead atoms. The second-order valence-corrected chi connectivity index (χ2v) is 9.46. The van der Waals surface area contributed by atoms with Crippen molar-refractivity contribution in [3.05, 3.63) is 12.4 Å². The second-order valence-electron chi connectivity index (χ2n) is 8.22. The van der Waals surface area contributed by atoms with Crippen molar-refractivity contribution < 1.29 is 58.9 Å². The Morgan fingerprint density at radius 1 is 1.13 bits per heavy atom. The van der Waals surface area contributed by atoms with Gasteiger partial charge in [0.1, 0.15) is 12.3 Å². The Kier molecular flexibility index (Phi) is 14.0. The average molecular weight is 582 g/mol. The zero-order chi connectivity index (χ0) is 28.8. The van der Waals surface area contributed by atoms with Gasteiger partial charge >= 0.3 is 5.97 Å². The van der Waals surface area contributed by atoms with E-state index < -0.39 is 59.7 Å². The lowest BCUT2D eigenvalue weighted by Gasteiger charge is -2.47. The SMILES string of the molecule is CC(=O)N1C(O)C[C@](SCC(=O)NCCOCCOCCOCCn2ccnn2)(C(=O)O)OC1[C@H](O)C(O)O. The zero-order valence-corrected chi connectivity index (χ0v) is 22.1. The number of aromatic nitrogens is 3. The van der Waals surface area contributed by atoms with Gasteiger partial charge in [-0.1, -0.05) is 5.21 Å². The molecule has 0 saturated carbocycles. The van der Waals surface area contributed by atoms with Crippen LogP contribution in [0.2, 0.25) is 0 Å². The number of carboxylic acid groups (broad SMARTS) is 1. The first-order valence-electron chi connectivity index (χ1n) is 12.0. The van der Waals surface area contributed by atoms with Gasteiger partial charge in [0.2, 0.25) is 16.7 Å². The largest absolute Gasteiger partial charge is 0.478 e. The molecule has 222 valence electrons. The first kappa shape index (κ1) is 32.8. The van der Waals surface area contributed by atoms with Gasteiger partial charge in [0.05, 0.1) is 58.1 Å². The smallest absolute Gasteiger partial charge is 0.346 e. The number of rotatable bonds is 18. The van der Waals surface area contributed by atoms with Gasteiger partial charge in [0, 0.05) is 26.1 Å². The van der Waals surface area contributed by atoms with E-state index in [1.165, 1.54) is 0 Å². The number of thioether (sulfide) groups is 1. The molecule has 39 heavy (non-hydrogen) atoms. The van der Waals surface area contributed by atoms with E-state index >= 15 is 0 Å². The molecule has 1 aromatic heterocycles. The van der Waals surface area contributed by atoms with Gasteiger partial charge in [-0.15, -0.1) is 16.9 Å². The van der Waals surface area contributed by atoms with Gasteiger partial charge in [0.15, 0.2) is 12.5 Å². The summed E-state index contributed by atoms with van der Waals surface area (Å²) in [5.41, 5.74) is 0. The van der Waals surface area contributed by atoms with Crippen LogP contribution in [0, 0.1) is 0 Å². The van der Waals surface area contributed by atoms with Crippen LogP contribution in [0.3, 0.4) is 0 Å². The Morgan fingerprint density at radius 2 is 1.77 bits per heavy atom. The minimum atomic E-state index is -2.39. The van der Waals surface area contributed by atoms with Crippen molar-refractivity contribution in [1.29, 1.82) is 0 Å². The topological polar surface area (TPSA) is 235 Å². The average Bonchev–Trinajstić information content (AvgIpc) is 3.40. The number of carbonyl (C=O) groups is 3. The van der Waals surface area contributed by atoms with Gasteiger partial charge in [-0.25, -0.2) is 4.79 Å². The molecule has 17 nitrogen and oxygen atoms in total. The Labute approximate surface area is 227 Å². The maximum Gasteiger partial charge on any atom is 0.346 e. The zero-order valence-electron chi connectivity index (χ0n) is 21.3. The van der Waals surface area contributed by atoms with Crippen molar-refractivity contribution in [3.63, 3.8) is 0 Å². The number of nitrogens with zero attached hydrogens (tertiary/aromatic N) is 4.